The molecular formula is C18H20N2O. The average molecular weight is 280 g/mol. The molecule has 0 aromatic heterocycles. The molecule has 0 radical (unpaired) electrons. The monoisotopic (exact) mass is 280 g/mol. The topological polar surface area (TPSA) is 38.5 Å². The van der Waals surface area contributed by atoms with E-state index in [0.29, 0.717) is 5.92 Å². The van der Waals surface area contributed by atoms with Crippen molar-refractivity contribution in [2.45, 2.75) is 18.8 Å². The highest BCUT2D eigenvalue weighted by Crippen LogP contribution is 2.37. The Bertz CT molecular complexity index is 668. The lowest BCUT2D eigenvalue weighted by Gasteiger charge is -2.30. The van der Waals surface area contributed by atoms with Gasteiger partial charge in [0, 0.05) is 30.4 Å². The fourth-order valence-electron chi connectivity index (χ4n) is 3.55. The van der Waals surface area contributed by atoms with E-state index in [1.807, 2.05) is 6.07 Å². The summed E-state index contributed by atoms with van der Waals surface area (Å²) in [5.74, 6) is 1.61. The van der Waals surface area contributed by atoms with Gasteiger partial charge in [-0.25, -0.2) is 0 Å². The Hall–Kier alpha value is -2.16. The summed E-state index contributed by atoms with van der Waals surface area (Å²) in [7, 11) is 0. The smallest absolute Gasteiger partial charge is 0.122 e. The van der Waals surface area contributed by atoms with Crippen LogP contribution < -0.4 is 15.4 Å². The van der Waals surface area contributed by atoms with Crippen molar-refractivity contribution in [3.63, 3.8) is 0 Å². The van der Waals surface area contributed by atoms with Gasteiger partial charge in [-0.05, 0) is 48.2 Å². The predicted molar refractivity (Wildman–Crippen MR) is 86.1 cm³/mol. The van der Waals surface area contributed by atoms with Crippen molar-refractivity contribution in [1.82, 2.24) is 0 Å². The summed E-state index contributed by atoms with van der Waals surface area (Å²) in [6.07, 6.45) is 2.20. The van der Waals surface area contributed by atoms with E-state index in [0.717, 1.165) is 44.0 Å². The molecule has 21 heavy (non-hydrogen) atoms. The van der Waals surface area contributed by atoms with Crippen molar-refractivity contribution in [2.75, 3.05) is 30.3 Å². The maximum Gasteiger partial charge on any atom is 0.122 e. The van der Waals surface area contributed by atoms with Gasteiger partial charge in [-0.3, -0.25) is 0 Å². The molecule has 3 nitrogen and oxygen atoms in total. The van der Waals surface area contributed by atoms with Gasteiger partial charge in [0.05, 0.1) is 6.61 Å². The van der Waals surface area contributed by atoms with Gasteiger partial charge in [0.25, 0.3) is 0 Å². The summed E-state index contributed by atoms with van der Waals surface area (Å²) in [4.78, 5) is 2.50. The van der Waals surface area contributed by atoms with Crippen molar-refractivity contribution in [3.05, 3.63) is 53.6 Å². The molecular weight excluding hydrogens is 260 g/mol. The molecule has 0 amide bonds. The molecule has 0 saturated carbocycles. The molecule has 108 valence electrons. The van der Waals surface area contributed by atoms with Crippen LogP contribution in [0.4, 0.5) is 11.4 Å². The highest BCUT2D eigenvalue weighted by atomic mass is 16.5. The summed E-state index contributed by atoms with van der Waals surface area (Å²) in [5.41, 5.74) is 10.8. The second-order valence-corrected chi connectivity index (χ2v) is 5.96. The molecule has 2 aliphatic heterocycles. The standard InChI is InChI=1S/C18H20N2O/c19-15-5-6-17-13(11-15)7-9-20(17)12-14-8-10-21-18-4-2-1-3-16(14)18/h1-6,11,14H,7-10,12,19H2. The van der Waals surface area contributed by atoms with Crippen LogP contribution in [0.2, 0.25) is 0 Å². The molecule has 0 saturated heterocycles. The van der Waals surface area contributed by atoms with Crippen LogP contribution in [0.1, 0.15) is 23.5 Å². The van der Waals surface area contributed by atoms with E-state index in [-0.39, 0.29) is 0 Å². The second-order valence-electron chi connectivity index (χ2n) is 5.96. The third-order valence-electron chi connectivity index (χ3n) is 4.62. The van der Waals surface area contributed by atoms with Gasteiger partial charge in [-0.15, -0.1) is 0 Å². The third-order valence-corrected chi connectivity index (χ3v) is 4.62. The summed E-state index contributed by atoms with van der Waals surface area (Å²) in [6, 6.07) is 14.7. The van der Waals surface area contributed by atoms with Gasteiger partial charge in [-0.2, -0.15) is 0 Å². The molecule has 4 rings (SSSR count). The number of anilines is 2. The van der Waals surface area contributed by atoms with Crippen LogP contribution in [0.25, 0.3) is 0 Å². The van der Waals surface area contributed by atoms with Crippen molar-refractivity contribution < 1.29 is 4.74 Å². The third kappa shape index (κ3) is 2.23. The molecule has 0 aliphatic carbocycles. The number of benzene rings is 2. The largest absolute Gasteiger partial charge is 0.493 e. The Kier molecular flexibility index (Phi) is 2.99. The first-order valence-electron chi connectivity index (χ1n) is 7.66. The van der Waals surface area contributed by atoms with E-state index in [1.165, 1.54) is 16.8 Å². The SMILES string of the molecule is Nc1ccc2c(c1)CCN2CC1CCOc2ccccc21. The molecule has 0 bridgehead atoms. The van der Waals surface area contributed by atoms with Crippen LogP contribution in [-0.2, 0) is 6.42 Å². The molecule has 3 heteroatoms. The fourth-order valence-corrected chi connectivity index (χ4v) is 3.55. The van der Waals surface area contributed by atoms with Gasteiger partial charge in [0.2, 0.25) is 0 Å². The lowest BCUT2D eigenvalue weighted by atomic mass is 9.92. The molecule has 2 aromatic carbocycles. The van der Waals surface area contributed by atoms with Crippen LogP contribution >= 0.6 is 0 Å². The number of hydrogen-bond donors (Lipinski definition) is 1. The van der Waals surface area contributed by atoms with E-state index in [2.05, 4.69) is 41.3 Å². The normalized spacial score (nSPS) is 19.8. The zero-order valence-corrected chi connectivity index (χ0v) is 12.1. The Morgan fingerprint density at radius 2 is 2.10 bits per heavy atom. The molecule has 1 atom stereocenters. The van der Waals surface area contributed by atoms with Crippen molar-refractivity contribution in [3.8, 4) is 5.75 Å². The summed E-state index contributed by atoms with van der Waals surface area (Å²) in [5, 5.41) is 0. The van der Waals surface area contributed by atoms with Crippen LogP contribution in [-0.4, -0.2) is 19.7 Å². The maximum atomic E-state index is 5.89. The minimum absolute atomic E-state index is 0.554. The molecule has 0 fully saturated rings. The highest BCUT2D eigenvalue weighted by molar-refractivity contribution is 5.63. The molecule has 2 N–H and O–H groups in total. The Morgan fingerprint density at radius 3 is 3.05 bits per heavy atom. The summed E-state index contributed by atoms with van der Waals surface area (Å²) < 4.78 is 5.77. The lowest BCUT2D eigenvalue weighted by molar-refractivity contribution is 0.268. The van der Waals surface area contributed by atoms with Crippen LogP contribution in [0, 0.1) is 0 Å². The highest BCUT2D eigenvalue weighted by Gasteiger charge is 2.26. The number of fused-ring (bicyclic) bond motifs is 2. The van der Waals surface area contributed by atoms with Crippen molar-refractivity contribution in [2.24, 2.45) is 0 Å². The molecule has 0 spiro atoms. The zero-order valence-electron chi connectivity index (χ0n) is 12.1. The van der Waals surface area contributed by atoms with E-state index >= 15 is 0 Å². The van der Waals surface area contributed by atoms with Crippen molar-refractivity contribution in [1.29, 1.82) is 0 Å². The number of nitrogens with zero attached hydrogens (tertiary/aromatic N) is 1. The van der Waals surface area contributed by atoms with Gasteiger partial charge in [0.1, 0.15) is 5.75 Å². The number of para-hydroxylation sites is 1. The van der Waals surface area contributed by atoms with Crippen LogP contribution in [0.3, 0.4) is 0 Å². The first kappa shape index (κ1) is 12.6. The first-order valence-corrected chi connectivity index (χ1v) is 7.66. The summed E-state index contributed by atoms with van der Waals surface area (Å²) in [6.45, 7) is 2.99. The first-order chi connectivity index (χ1) is 10.3. The number of rotatable bonds is 2. The lowest BCUT2D eigenvalue weighted by Crippen LogP contribution is -2.29. The predicted octanol–water partition coefficient (Wildman–Crippen LogP) is 3.20. The number of hydrogen-bond acceptors (Lipinski definition) is 3. The Labute approximate surface area is 125 Å². The number of nitrogen functional groups attached to an aromatic ring is 1. The minimum atomic E-state index is 0.554. The van der Waals surface area contributed by atoms with Gasteiger partial charge in [-0.1, -0.05) is 18.2 Å². The van der Waals surface area contributed by atoms with E-state index in [4.69, 9.17) is 10.5 Å². The van der Waals surface area contributed by atoms with E-state index < -0.39 is 0 Å². The minimum Gasteiger partial charge on any atom is -0.493 e. The average Bonchev–Trinajstić information content (AvgIpc) is 2.90. The van der Waals surface area contributed by atoms with Crippen LogP contribution in [0.5, 0.6) is 5.75 Å². The van der Waals surface area contributed by atoms with E-state index in [9.17, 15) is 0 Å². The van der Waals surface area contributed by atoms with Gasteiger partial charge >= 0.3 is 0 Å². The molecule has 2 heterocycles. The van der Waals surface area contributed by atoms with Crippen LogP contribution in [0.15, 0.2) is 42.5 Å². The fraction of sp³-hybridized carbons (Fsp3) is 0.333. The van der Waals surface area contributed by atoms with Gasteiger partial charge < -0.3 is 15.4 Å². The number of nitrogens with two attached hydrogens (primary N) is 1. The maximum absolute atomic E-state index is 5.89. The van der Waals surface area contributed by atoms with Crippen molar-refractivity contribution >= 4 is 11.4 Å². The summed E-state index contributed by atoms with van der Waals surface area (Å²) >= 11 is 0. The Balaban J connectivity index is 1.59. The number of ether oxygens (including phenoxy) is 1. The quantitative estimate of drug-likeness (QED) is 0.859. The zero-order chi connectivity index (χ0) is 14.2. The Morgan fingerprint density at radius 1 is 1.19 bits per heavy atom. The molecule has 2 aliphatic rings. The molecule has 1 unspecified atom stereocenters. The van der Waals surface area contributed by atoms with Gasteiger partial charge in [0.15, 0.2) is 0 Å². The van der Waals surface area contributed by atoms with E-state index in [1.54, 1.807) is 0 Å². The second kappa shape index (κ2) is 4.99. The molecule has 2 aromatic rings.